The fourth-order valence-corrected chi connectivity index (χ4v) is 2.24. The average molecular weight is 279 g/mol. The predicted molar refractivity (Wildman–Crippen MR) is 82.3 cm³/mol. The summed E-state index contributed by atoms with van der Waals surface area (Å²) in [6, 6.07) is 14.6. The smallest absolute Gasteiger partial charge is 0.155 e. The minimum absolute atomic E-state index is 0.283. The van der Waals surface area contributed by atoms with Gasteiger partial charge in [-0.25, -0.2) is 14.6 Å². The molecule has 1 aromatic carbocycles. The highest BCUT2D eigenvalue weighted by Gasteiger charge is 2.08. The van der Waals surface area contributed by atoms with Gasteiger partial charge in [-0.3, -0.25) is 0 Å². The molecule has 2 heterocycles. The van der Waals surface area contributed by atoms with Gasteiger partial charge in [0.25, 0.3) is 0 Å². The Kier molecular flexibility index (Phi) is 3.91. The normalized spacial score (nSPS) is 12.0. The van der Waals surface area contributed by atoms with Crippen molar-refractivity contribution in [1.29, 1.82) is 0 Å². The van der Waals surface area contributed by atoms with Crippen molar-refractivity contribution >= 4 is 5.69 Å². The van der Waals surface area contributed by atoms with E-state index in [1.165, 1.54) is 11.9 Å². The first-order chi connectivity index (χ1) is 10.4. The van der Waals surface area contributed by atoms with Crippen LogP contribution >= 0.6 is 0 Å². The van der Waals surface area contributed by atoms with Crippen molar-refractivity contribution in [2.45, 2.75) is 19.4 Å². The van der Waals surface area contributed by atoms with Crippen molar-refractivity contribution in [1.82, 2.24) is 19.7 Å². The second-order valence-corrected chi connectivity index (χ2v) is 4.76. The number of benzene rings is 1. The minimum atomic E-state index is 0.283. The molecule has 0 aliphatic rings. The van der Waals surface area contributed by atoms with E-state index in [1.54, 1.807) is 11.0 Å². The number of nitrogens with zero attached hydrogens (tertiary/aromatic N) is 4. The van der Waals surface area contributed by atoms with E-state index in [1.807, 2.05) is 24.4 Å². The van der Waals surface area contributed by atoms with Gasteiger partial charge in [-0.15, -0.1) is 0 Å². The summed E-state index contributed by atoms with van der Waals surface area (Å²) in [5.41, 5.74) is 2.27. The van der Waals surface area contributed by atoms with Gasteiger partial charge in [-0.1, -0.05) is 37.3 Å². The Morgan fingerprint density at radius 2 is 2.00 bits per heavy atom. The van der Waals surface area contributed by atoms with Crippen molar-refractivity contribution in [2.75, 3.05) is 5.32 Å². The van der Waals surface area contributed by atoms with Gasteiger partial charge in [0.2, 0.25) is 0 Å². The predicted octanol–water partition coefficient (Wildman–Crippen LogP) is 3.23. The van der Waals surface area contributed by atoms with E-state index in [2.05, 4.69) is 51.6 Å². The van der Waals surface area contributed by atoms with Crippen LogP contribution in [0, 0.1) is 0 Å². The fourth-order valence-electron chi connectivity index (χ4n) is 2.24. The van der Waals surface area contributed by atoms with E-state index in [4.69, 9.17) is 0 Å². The van der Waals surface area contributed by atoms with Crippen LogP contribution in [0.2, 0.25) is 0 Å². The fraction of sp³-hybridized carbons (Fsp3) is 0.188. The molecule has 0 spiro atoms. The molecule has 0 saturated carbocycles. The van der Waals surface area contributed by atoms with Crippen LogP contribution in [0.4, 0.5) is 5.69 Å². The molecule has 5 nitrogen and oxygen atoms in total. The van der Waals surface area contributed by atoms with Gasteiger partial charge in [0, 0.05) is 0 Å². The van der Waals surface area contributed by atoms with Crippen LogP contribution in [0.5, 0.6) is 0 Å². The summed E-state index contributed by atoms with van der Waals surface area (Å²) in [6.45, 7) is 2.17. The van der Waals surface area contributed by atoms with Gasteiger partial charge in [0.05, 0.1) is 17.9 Å². The van der Waals surface area contributed by atoms with Gasteiger partial charge < -0.3 is 5.32 Å². The van der Waals surface area contributed by atoms with E-state index >= 15 is 0 Å². The van der Waals surface area contributed by atoms with Gasteiger partial charge in [-0.05, 0) is 24.1 Å². The van der Waals surface area contributed by atoms with Crippen LogP contribution in [0.3, 0.4) is 0 Å². The standard InChI is InChI=1S/C16H17N5/c1-2-15(13-6-4-3-5-7-13)20-14-8-9-16(18-10-14)21-12-17-11-19-21/h3-12,15,20H,2H2,1H3. The molecule has 2 aromatic heterocycles. The third-order valence-electron chi connectivity index (χ3n) is 3.35. The molecule has 0 fully saturated rings. The lowest BCUT2D eigenvalue weighted by Gasteiger charge is -2.18. The van der Waals surface area contributed by atoms with E-state index < -0.39 is 0 Å². The Morgan fingerprint density at radius 1 is 1.14 bits per heavy atom. The molecule has 3 aromatic rings. The number of anilines is 1. The van der Waals surface area contributed by atoms with Gasteiger partial charge in [0.15, 0.2) is 5.82 Å². The Balaban J connectivity index is 1.75. The molecule has 1 unspecified atom stereocenters. The van der Waals surface area contributed by atoms with Crippen LogP contribution in [0.25, 0.3) is 5.82 Å². The summed E-state index contributed by atoms with van der Waals surface area (Å²) >= 11 is 0. The van der Waals surface area contributed by atoms with Crippen LogP contribution in [0.1, 0.15) is 24.9 Å². The Bertz CT molecular complexity index is 662. The number of rotatable bonds is 5. The Morgan fingerprint density at radius 3 is 2.62 bits per heavy atom. The molecule has 1 atom stereocenters. The van der Waals surface area contributed by atoms with Crippen molar-refractivity contribution < 1.29 is 0 Å². The van der Waals surface area contributed by atoms with Crippen molar-refractivity contribution in [3.63, 3.8) is 0 Å². The molecule has 3 rings (SSSR count). The van der Waals surface area contributed by atoms with Crippen LogP contribution in [0.15, 0.2) is 61.3 Å². The SMILES string of the molecule is CCC(Nc1ccc(-n2cncn2)nc1)c1ccccc1. The third kappa shape index (κ3) is 3.08. The third-order valence-corrected chi connectivity index (χ3v) is 3.35. The number of hydrogen-bond acceptors (Lipinski definition) is 4. The summed E-state index contributed by atoms with van der Waals surface area (Å²) in [5, 5.41) is 7.57. The first-order valence-corrected chi connectivity index (χ1v) is 6.99. The van der Waals surface area contributed by atoms with Crippen LogP contribution in [-0.2, 0) is 0 Å². The highest BCUT2D eigenvalue weighted by atomic mass is 15.3. The maximum Gasteiger partial charge on any atom is 0.155 e. The highest BCUT2D eigenvalue weighted by molar-refractivity contribution is 5.45. The molecule has 0 amide bonds. The van der Waals surface area contributed by atoms with E-state index in [0.717, 1.165) is 17.9 Å². The molecule has 21 heavy (non-hydrogen) atoms. The average Bonchev–Trinajstić information content (AvgIpc) is 3.08. The monoisotopic (exact) mass is 279 g/mol. The second-order valence-electron chi connectivity index (χ2n) is 4.76. The van der Waals surface area contributed by atoms with Gasteiger partial charge >= 0.3 is 0 Å². The minimum Gasteiger partial charge on any atom is -0.377 e. The quantitative estimate of drug-likeness (QED) is 0.779. The summed E-state index contributed by atoms with van der Waals surface area (Å²) in [4.78, 5) is 8.32. The molecule has 0 radical (unpaired) electrons. The Hall–Kier alpha value is -2.69. The maximum absolute atomic E-state index is 4.40. The molecule has 0 aliphatic carbocycles. The number of aromatic nitrogens is 4. The van der Waals surface area contributed by atoms with E-state index in [0.29, 0.717) is 0 Å². The molecular weight excluding hydrogens is 262 g/mol. The Labute approximate surface area is 123 Å². The lowest BCUT2D eigenvalue weighted by Crippen LogP contribution is -2.10. The first kappa shape index (κ1) is 13.3. The zero-order valence-corrected chi connectivity index (χ0v) is 11.8. The summed E-state index contributed by atoms with van der Waals surface area (Å²) in [5.74, 6) is 0.755. The molecule has 0 saturated heterocycles. The summed E-state index contributed by atoms with van der Waals surface area (Å²) in [6.07, 6.45) is 5.96. The number of nitrogens with one attached hydrogen (secondary N) is 1. The molecule has 0 bridgehead atoms. The summed E-state index contributed by atoms with van der Waals surface area (Å²) in [7, 11) is 0. The number of hydrogen-bond donors (Lipinski definition) is 1. The van der Waals surface area contributed by atoms with Crippen LogP contribution < -0.4 is 5.32 Å². The molecule has 5 heteroatoms. The number of pyridine rings is 1. The lowest BCUT2D eigenvalue weighted by molar-refractivity contribution is 0.748. The topological polar surface area (TPSA) is 55.6 Å². The van der Waals surface area contributed by atoms with Crippen molar-refractivity contribution in [3.05, 3.63) is 66.9 Å². The second kappa shape index (κ2) is 6.17. The van der Waals surface area contributed by atoms with Gasteiger partial charge in [-0.2, -0.15) is 5.10 Å². The van der Waals surface area contributed by atoms with E-state index in [9.17, 15) is 0 Å². The summed E-state index contributed by atoms with van der Waals surface area (Å²) < 4.78 is 1.64. The first-order valence-electron chi connectivity index (χ1n) is 6.99. The molecule has 106 valence electrons. The zero-order chi connectivity index (χ0) is 14.5. The lowest BCUT2D eigenvalue weighted by atomic mass is 10.0. The molecular formula is C16H17N5. The maximum atomic E-state index is 4.40. The largest absolute Gasteiger partial charge is 0.377 e. The molecule has 1 N–H and O–H groups in total. The van der Waals surface area contributed by atoms with Crippen molar-refractivity contribution in [3.8, 4) is 5.82 Å². The van der Waals surface area contributed by atoms with E-state index in [-0.39, 0.29) is 6.04 Å². The van der Waals surface area contributed by atoms with Crippen molar-refractivity contribution in [2.24, 2.45) is 0 Å². The highest BCUT2D eigenvalue weighted by Crippen LogP contribution is 2.22. The van der Waals surface area contributed by atoms with Crippen LogP contribution in [-0.4, -0.2) is 19.7 Å². The molecule has 0 aliphatic heterocycles. The zero-order valence-electron chi connectivity index (χ0n) is 11.8. The van der Waals surface area contributed by atoms with Gasteiger partial charge in [0.1, 0.15) is 12.7 Å².